The highest BCUT2D eigenvalue weighted by molar-refractivity contribution is 7.92. The van der Waals surface area contributed by atoms with Crippen molar-refractivity contribution in [2.45, 2.75) is 31.5 Å². The Kier molecular flexibility index (Phi) is 4.42. The van der Waals surface area contributed by atoms with Crippen molar-refractivity contribution in [2.24, 2.45) is 0 Å². The van der Waals surface area contributed by atoms with E-state index in [0.717, 1.165) is 5.56 Å². The average molecular weight is 363 g/mol. The first kappa shape index (κ1) is 17.3. The van der Waals surface area contributed by atoms with Gasteiger partial charge in [0.25, 0.3) is 0 Å². The minimum Gasteiger partial charge on any atom is -0.383 e. The van der Waals surface area contributed by atoms with Crippen LogP contribution in [0.5, 0.6) is 0 Å². The second-order valence-electron chi connectivity index (χ2n) is 5.86. The zero-order valence-corrected chi connectivity index (χ0v) is 14.5. The molecule has 3 N–H and O–H groups in total. The van der Waals surface area contributed by atoms with Crippen LogP contribution in [0.4, 0.5) is 16.0 Å². The van der Waals surface area contributed by atoms with Gasteiger partial charge in [0.1, 0.15) is 27.2 Å². The van der Waals surface area contributed by atoms with Crippen molar-refractivity contribution in [3.05, 3.63) is 41.2 Å². The second-order valence-corrected chi connectivity index (χ2v) is 7.98. The number of nitrogens with one attached hydrogen (secondary N) is 1. The highest BCUT2D eigenvalue weighted by Crippen LogP contribution is 2.32. The third-order valence-electron chi connectivity index (χ3n) is 3.92. The lowest BCUT2D eigenvalue weighted by atomic mass is 10.2. The van der Waals surface area contributed by atoms with Gasteiger partial charge in [-0.1, -0.05) is 19.1 Å². The molecular formula is C16H18FN5O2S. The van der Waals surface area contributed by atoms with Crippen molar-refractivity contribution >= 4 is 27.3 Å². The zero-order valence-electron chi connectivity index (χ0n) is 13.7. The molecule has 0 saturated heterocycles. The van der Waals surface area contributed by atoms with E-state index in [9.17, 15) is 13.4 Å². The summed E-state index contributed by atoms with van der Waals surface area (Å²) < 4.78 is 33.5. The molecule has 7 nitrogen and oxygen atoms in total. The molecule has 0 radical (unpaired) electrons. The number of fused-ring (bicyclic) bond motifs is 1. The smallest absolute Gasteiger partial charge is 0.233 e. The molecule has 0 spiro atoms. The summed E-state index contributed by atoms with van der Waals surface area (Å²) in [5.41, 5.74) is 7.11. The molecular weight excluding hydrogens is 345 g/mol. The molecule has 1 aliphatic rings. The van der Waals surface area contributed by atoms with E-state index >= 15 is 0 Å². The van der Waals surface area contributed by atoms with E-state index < -0.39 is 9.73 Å². The summed E-state index contributed by atoms with van der Waals surface area (Å²) >= 11 is 0. The lowest BCUT2D eigenvalue weighted by molar-refractivity contribution is -0.117. The molecule has 2 aromatic rings. The molecule has 1 atom stereocenters. The highest BCUT2D eigenvalue weighted by Gasteiger charge is 2.33. The van der Waals surface area contributed by atoms with Crippen LogP contribution in [0.1, 0.15) is 24.5 Å². The Morgan fingerprint density at radius 1 is 1.32 bits per heavy atom. The van der Waals surface area contributed by atoms with Crippen LogP contribution in [-0.4, -0.2) is 25.8 Å². The van der Waals surface area contributed by atoms with E-state index in [1.165, 1.54) is 17.0 Å². The fourth-order valence-corrected chi connectivity index (χ4v) is 3.92. The number of nitrogen functional groups attached to an aromatic ring is 1. The van der Waals surface area contributed by atoms with Crippen LogP contribution in [0.3, 0.4) is 0 Å². The molecule has 132 valence electrons. The first-order valence-corrected chi connectivity index (χ1v) is 9.52. The molecule has 1 aliphatic heterocycles. The maximum absolute atomic E-state index is 13.1. The van der Waals surface area contributed by atoms with E-state index in [1.807, 2.05) is 6.92 Å². The minimum atomic E-state index is -3.16. The molecule has 25 heavy (non-hydrogen) atoms. The Bertz CT molecular complexity index is 928. The Balaban J connectivity index is 2.01. The van der Waals surface area contributed by atoms with Gasteiger partial charge in [-0.3, -0.25) is 9.69 Å². The summed E-state index contributed by atoms with van der Waals surface area (Å²) in [7, 11) is -3.16. The Labute approximate surface area is 145 Å². The fourth-order valence-electron chi connectivity index (χ4n) is 2.69. The lowest BCUT2D eigenvalue weighted by Crippen LogP contribution is -2.27. The predicted molar refractivity (Wildman–Crippen MR) is 92.0 cm³/mol. The SMILES string of the molecule is CCCS(=N)(=O)c1nc(N)c2c(n1)N(Cc1ccc(F)cc1)C(=O)C2. The van der Waals surface area contributed by atoms with Crippen LogP contribution in [0.25, 0.3) is 0 Å². The maximum Gasteiger partial charge on any atom is 0.233 e. The molecule has 1 aromatic carbocycles. The quantitative estimate of drug-likeness (QED) is 0.790. The molecule has 3 rings (SSSR count). The normalized spacial score (nSPS) is 15.9. The van der Waals surface area contributed by atoms with Gasteiger partial charge >= 0.3 is 0 Å². The first-order valence-electron chi connectivity index (χ1n) is 7.79. The van der Waals surface area contributed by atoms with Crippen LogP contribution in [0.15, 0.2) is 29.4 Å². The van der Waals surface area contributed by atoms with Crippen molar-refractivity contribution in [3.63, 3.8) is 0 Å². The molecule has 0 aliphatic carbocycles. The Morgan fingerprint density at radius 3 is 2.64 bits per heavy atom. The van der Waals surface area contributed by atoms with Crippen LogP contribution in [-0.2, 0) is 27.5 Å². The number of hydrogen-bond donors (Lipinski definition) is 2. The lowest BCUT2D eigenvalue weighted by Gasteiger charge is -2.17. The highest BCUT2D eigenvalue weighted by atomic mass is 32.2. The molecule has 9 heteroatoms. The Hall–Kier alpha value is -2.55. The van der Waals surface area contributed by atoms with Crippen LogP contribution in [0, 0.1) is 10.6 Å². The molecule has 1 unspecified atom stereocenters. The summed E-state index contributed by atoms with van der Waals surface area (Å²) in [6.07, 6.45) is 0.594. The first-order chi connectivity index (χ1) is 11.8. The van der Waals surface area contributed by atoms with Crippen LogP contribution >= 0.6 is 0 Å². The molecule has 0 bridgehead atoms. The van der Waals surface area contributed by atoms with E-state index in [-0.39, 0.29) is 47.2 Å². The minimum absolute atomic E-state index is 0.0512. The maximum atomic E-state index is 13.1. The predicted octanol–water partition coefficient (Wildman–Crippen LogP) is 2.10. The van der Waals surface area contributed by atoms with Crippen LogP contribution < -0.4 is 10.6 Å². The van der Waals surface area contributed by atoms with Crippen molar-refractivity contribution < 1.29 is 13.4 Å². The number of aromatic nitrogens is 2. The van der Waals surface area contributed by atoms with Gasteiger partial charge in [-0.2, -0.15) is 0 Å². The topological polar surface area (TPSA) is 113 Å². The van der Waals surface area contributed by atoms with Crippen LogP contribution in [0.2, 0.25) is 0 Å². The van der Waals surface area contributed by atoms with Gasteiger partial charge in [0.05, 0.1) is 13.0 Å². The number of nitrogens with two attached hydrogens (primary N) is 1. The van der Waals surface area contributed by atoms with Gasteiger partial charge in [0.2, 0.25) is 11.1 Å². The van der Waals surface area contributed by atoms with Gasteiger partial charge in [-0.05, 0) is 24.1 Å². The summed E-state index contributed by atoms with van der Waals surface area (Å²) in [5.74, 6) is -0.0976. The third kappa shape index (κ3) is 3.32. The van der Waals surface area contributed by atoms with Gasteiger partial charge in [0.15, 0.2) is 0 Å². The number of anilines is 2. The number of rotatable bonds is 5. The monoisotopic (exact) mass is 363 g/mol. The van der Waals surface area contributed by atoms with Gasteiger partial charge in [-0.15, -0.1) is 0 Å². The van der Waals surface area contributed by atoms with E-state index in [2.05, 4.69) is 9.97 Å². The fraction of sp³-hybridized carbons (Fsp3) is 0.312. The number of amides is 1. The summed E-state index contributed by atoms with van der Waals surface area (Å²) in [4.78, 5) is 22.0. The van der Waals surface area contributed by atoms with Gasteiger partial charge in [0, 0.05) is 11.3 Å². The summed E-state index contributed by atoms with van der Waals surface area (Å²) in [6, 6.07) is 5.79. The zero-order chi connectivity index (χ0) is 18.2. The molecule has 1 aromatic heterocycles. The average Bonchev–Trinajstić information content (AvgIpc) is 2.86. The van der Waals surface area contributed by atoms with Gasteiger partial charge in [-0.25, -0.2) is 23.3 Å². The largest absolute Gasteiger partial charge is 0.383 e. The van der Waals surface area contributed by atoms with E-state index in [0.29, 0.717) is 12.0 Å². The number of carbonyl (C=O) groups excluding carboxylic acids is 1. The van der Waals surface area contributed by atoms with E-state index in [4.69, 9.17) is 10.5 Å². The number of carbonyl (C=O) groups is 1. The summed E-state index contributed by atoms with van der Waals surface area (Å²) in [6.45, 7) is 2.00. The number of halogens is 1. The summed E-state index contributed by atoms with van der Waals surface area (Å²) in [5, 5.41) is -0.149. The number of benzene rings is 1. The molecule has 2 heterocycles. The Morgan fingerprint density at radius 2 is 2.00 bits per heavy atom. The second kappa shape index (κ2) is 6.40. The molecule has 0 fully saturated rings. The number of hydrogen-bond acceptors (Lipinski definition) is 6. The van der Waals surface area contributed by atoms with Crippen molar-refractivity contribution in [3.8, 4) is 0 Å². The third-order valence-corrected chi connectivity index (χ3v) is 5.68. The standard InChI is InChI=1S/C16H18FN5O2S/c1-2-7-25(19,24)16-20-14(18)12-8-13(23)22(15(12)21-16)9-10-3-5-11(17)6-4-10/h3-6,19H,2,7-9H2,1H3,(H2,18,20,21). The molecule has 0 saturated carbocycles. The van der Waals surface area contributed by atoms with E-state index in [1.54, 1.807) is 12.1 Å². The van der Waals surface area contributed by atoms with Crippen molar-refractivity contribution in [1.29, 1.82) is 4.78 Å². The van der Waals surface area contributed by atoms with Gasteiger partial charge < -0.3 is 5.73 Å². The molecule has 1 amide bonds. The van der Waals surface area contributed by atoms with Crippen molar-refractivity contribution in [1.82, 2.24) is 9.97 Å². The number of nitrogens with zero attached hydrogens (tertiary/aromatic N) is 3. The van der Waals surface area contributed by atoms with Crippen molar-refractivity contribution in [2.75, 3.05) is 16.4 Å².